The second kappa shape index (κ2) is 14.8. The van der Waals surface area contributed by atoms with Crippen molar-refractivity contribution in [2.24, 2.45) is 17.3 Å². The first-order chi connectivity index (χ1) is 16.3. The summed E-state index contributed by atoms with van der Waals surface area (Å²) in [4.78, 5) is 25.2. The van der Waals surface area contributed by atoms with Crippen molar-refractivity contribution in [1.29, 1.82) is 0 Å². The number of benzene rings is 1. The number of carbonyl (C=O) groups is 2. The van der Waals surface area contributed by atoms with Gasteiger partial charge >= 0.3 is 12.1 Å². The van der Waals surface area contributed by atoms with Crippen LogP contribution < -0.4 is 5.32 Å². The molecular weight excluding hydrogens is 478 g/mol. The molecule has 200 valence electrons. The van der Waals surface area contributed by atoms with E-state index in [2.05, 4.69) is 32.3 Å². The highest BCUT2D eigenvalue weighted by Crippen LogP contribution is 2.41. The Morgan fingerprint density at radius 1 is 1.03 bits per heavy atom. The van der Waals surface area contributed by atoms with Crippen molar-refractivity contribution in [3.63, 3.8) is 0 Å². The van der Waals surface area contributed by atoms with Crippen LogP contribution in [0.1, 0.15) is 66.4 Å². The monoisotopic (exact) mass is 525 g/mol. The van der Waals surface area contributed by atoms with E-state index in [1.54, 1.807) is 0 Å². The van der Waals surface area contributed by atoms with Gasteiger partial charge in [0.25, 0.3) is 0 Å². The smallest absolute Gasteiger partial charge is 0.407 e. The van der Waals surface area contributed by atoms with Gasteiger partial charge in [-0.3, -0.25) is 4.79 Å². The van der Waals surface area contributed by atoms with Crippen molar-refractivity contribution in [3.8, 4) is 0 Å². The van der Waals surface area contributed by atoms with Gasteiger partial charge in [-0.2, -0.15) is 0 Å². The van der Waals surface area contributed by atoms with Crippen LogP contribution in [0.15, 0.2) is 30.3 Å². The van der Waals surface area contributed by atoms with Gasteiger partial charge in [0.05, 0.1) is 5.92 Å². The van der Waals surface area contributed by atoms with Crippen LogP contribution >= 0.6 is 0 Å². The number of aliphatic carboxylic acids is 1. The largest absolute Gasteiger partial charge is 0.481 e. The molecule has 0 saturated carbocycles. The lowest BCUT2D eigenvalue weighted by Gasteiger charge is -2.45. The Labute approximate surface area is 216 Å². The van der Waals surface area contributed by atoms with Gasteiger partial charge in [-0.05, 0) is 51.5 Å². The molecule has 1 aromatic carbocycles. The molecule has 0 heterocycles. The lowest BCUT2D eigenvalue weighted by molar-refractivity contribution is -0.146. The number of carboxylic acid groups (broad SMARTS) is 1. The fourth-order valence-electron chi connectivity index (χ4n) is 4.56. The number of rotatable bonds is 15. The van der Waals surface area contributed by atoms with Gasteiger partial charge in [0.1, 0.15) is 11.9 Å². The quantitative estimate of drug-likeness (QED) is 0.262. The molecule has 1 amide bonds. The van der Waals surface area contributed by atoms with Crippen molar-refractivity contribution in [3.05, 3.63) is 35.9 Å². The number of carboxylic acids is 1. The SMILES string of the molecule is CCC[C@H](C[C@H]([C@H](Cc1ccccc1)NC(=O)OC(C)(C)C)C(C)(C)C(O[SiH2]C)O[SiH2]C)C(=O)O. The molecule has 0 radical (unpaired) electrons. The Balaban J connectivity index is 3.52. The van der Waals surface area contributed by atoms with Crippen LogP contribution in [0.3, 0.4) is 0 Å². The summed E-state index contributed by atoms with van der Waals surface area (Å²) in [6, 6.07) is 9.58. The summed E-state index contributed by atoms with van der Waals surface area (Å²) in [6.45, 7) is 15.8. The van der Waals surface area contributed by atoms with Gasteiger partial charge in [-0.15, -0.1) is 0 Å². The molecule has 0 aliphatic heterocycles. The Bertz CT molecular complexity index is 763. The van der Waals surface area contributed by atoms with E-state index in [0.29, 0.717) is 19.3 Å². The third-order valence-corrected chi connectivity index (χ3v) is 7.48. The zero-order valence-corrected chi connectivity index (χ0v) is 25.8. The number of hydrogen-bond acceptors (Lipinski definition) is 5. The van der Waals surface area contributed by atoms with Gasteiger partial charge in [0, 0.05) is 11.5 Å². The molecule has 9 heteroatoms. The summed E-state index contributed by atoms with van der Waals surface area (Å²) in [6.07, 6.45) is 1.36. The lowest BCUT2D eigenvalue weighted by Crippen LogP contribution is -2.53. The molecule has 0 aliphatic rings. The van der Waals surface area contributed by atoms with Crippen LogP contribution in [0, 0.1) is 17.3 Å². The molecule has 0 fully saturated rings. The minimum absolute atomic E-state index is 0.228. The number of ether oxygens (including phenoxy) is 1. The maximum atomic E-state index is 13.0. The average molecular weight is 526 g/mol. The highest BCUT2D eigenvalue weighted by molar-refractivity contribution is 6.26. The Hall–Kier alpha value is -1.69. The summed E-state index contributed by atoms with van der Waals surface area (Å²) in [5, 5.41) is 13.1. The van der Waals surface area contributed by atoms with Gasteiger partial charge in [-0.25, -0.2) is 4.79 Å². The fourth-order valence-corrected chi connectivity index (χ4v) is 6.41. The van der Waals surface area contributed by atoms with E-state index in [1.807, 2.05) is 58.0 Å². The summed E-state index contributed by atoms with van der Waals surface area (Å²) in [7, 11) is -1.55. The topological polar surface area (TPSA) is 94.1 Å². The number of alkyl carbamates (subject to hydrolysis) is 1. The van der Waals surface area contributed by atoms with Gasteiger partial charge < -0.3 is 24.0 Å². The standard InChI is InChI=1S/C26H47NO6Si2/c1-9-13-19(22(28)29)17-20(26(5,6)23(32-34-7)33-35-8)21(16-18-14-11-10-12-15-18)27-24(30)31-25(2,3)4/h10-12,14-15,19-21,23H,9,13,16-17,34-35H2,1-8H3,(H,27,30)(H,28,29)/t19-,20-,21+/m1/s1. The van der Waals surface area contributed by atoms with E-state index >= 15 is 0 Å². The molecule has 0 aromatic heterocycles. The fraction of sp³-hybridized carbons (Fsp3) is 0.692. The summed E-state index contributed by atoms with van der Waals surface area (Å²) in [5.74, 6) is -1.56. The highest BCUT2D eigenvalue weighted by atomic mass is 28.2. The van der Waals surface area contributed by atoms with Crippen LogP contribution in [0.4, 0.5) is 4.79 Å². The van der Waals surface area contributed by atoms with E-state index in [9.17, 15) is 14.7 Å². The van der Waals surface area contributed by atoms with Crippen LogP contribution in [0.5, 0.6) is 0 Å². The maximum absolute atomic E-state index is 13.0. The predicted molar refractivity (Wildman–Crippen MR) is 146 cm³/mol. The summed E-state index contributed by atoms with van der Waals surface area (Å²) < 4.78 is 18.0. The summed E-state index contributed by atoms with van der Waals surface area (Å²) >= 11 is 0. The normalized spacial score (nSPS) is 16.3. The second-order valence-corrected chi connectivity index (χ2v) is 12.5. The minimum atomic E-state index is -0.809. The van der Waals surface area contributed by atoms with Gasteiger partial charge in [0.2, 0.25) is 0 Å². The minimum Gasteiger partial charge on any atom is -0.481 e. The van der Waals surface area contributed by atoms with Crippen molar-refractivity contribution < 1.29 is 28.3 Å². The van der Waals surface area contributed by atoms with Crippen LogP contribution in [-0.4, -0.2) is 54.6 Å². The molecule has 7 nitrogen and oxygen atoms in total. The molecule has 35 heavy (non-hydrogen) atoms. The van der Waals surface area contributed by atoms with Gasteiger partial charge in [-0.1, -0.05) is 70.6 Å². The number of hydrogen-bond donors (Lipinski definition) is 2. The predicted octanol–water partition coefficient (Wildman–Crippen LogP) is 4.28. The maximum Gasteiger partial charge on any atom is 0.407 e. The molecule has 0 saturated heterocycles. The lowest BCUT2D eigenvalue weighted by atomic mass is 9.68. The van der Waals surface area contributed by atoms with Crippen molar-refractivity contribution >= 4 is 31.6 Å². The van der Waals surface area contributed by atoms with Crippen molar-refractivity contribution in [2.75, 3.05) is 0 Å². The molecule has 0 unspecified atom stereocenters. The van der Waals surface area contributed by atoms with Crippen LogP contribution in [0.2, 0.25) is 13.1 Å². The molecule has 3 atom stereocenters. The van der Waals surface area contributed by atoms with E-state index < -0.39 is 54.8 Å². The van der Waals surface area contributed by atoms with Crippen molar-refractivity contribution in [2.45, 2.75) is 98.3 Å². The number of amides is 1. The van der Waals surface area contributed by atoms with E-state index in [-0.39, 0.29) is 12.0 Å². The first-order valence-corrected chi connectivity index (χ1v) is 16.8. The first kappa shape index (κ1) is 31.3. The van der Waals surface area contributed by atoms with E-state index in [0.717, 1.165) is 12.0 Å². The zero-order valence-electron chi connectivity index (χ0n) is 22.9. The molecular formula is C26H47NO6Si2. The zero-order chi connectivity index (χ0) is 26.6. The average Bonchev–Trinajstić information content (AvgIpc) is 2.75. The van der Waals surface area contributed by atoms with Gasteiger partial charge in [0.15, 0.2) is 19.5 Å². The third-order valence-electron chi connectivity index (χ3n) is 6.21. The van der Waals surface area contributed by atoms with E-state index in [4.69, 9.17) is 13.6 Å². The highest BCUT2D eigenvalue weighted by Gasteiger charge is 2.45. The Morgan fingerprint density at radius 3 is 2.06 bits per heavy atom. The molecule has 0 bridgehead atoms. The van der Waals surface area contributed by atoms with Crippen molar-refractivity contribution in [1.82, 2.24) is 5.32 Å². The second-order valence-electron chi connectivity index (χ2n) is 10.7. The molecule has 1 rings (SSSR count). The summed E-state index contributed by atoms with van der Waals surface area (Å²) in [5.41, 5.74) is -0.124. The Morgan fingerprint density at radius 2 is 1.60 bits per heavy atom. The molecule has 2 N–H and O–H groups in total. The van der Waals surface area contributed by atoms with Crippen LogP contribution in [0.25, 0.3) is 0 Å². The third kappa shape index (κ3) is 10.9. The van der Waals surface area contributed by atoms with Crippen LogP contribution in [-0.2, 0) is 24.8 Å². The van der Waals surface area contributed by atoms with E-state index in [1.165, 1.54) is 0 Å². The molecule has 1 aromatic rings. The molecule has 0 aliphatic carbocycles. The first-order valence-electron chi connectivity index (χ1n) is 12.8. The number of carbonyl (C=O) groups excluding carboxylic acids is 1. The number of nitrogens with one attached hydrogen (secondary N) is 1. The molecule has 0 spiro atoms. The Kier molecular flexibility index (Phi) is 13.2.